The van der Waals surface area contributed by atoms with E-state index in [1.807, 2.05) is 32.0 Å². The van der Waals surface area contributed by atoms with Crippen LogP contribution in [-0.2, 0) is 24.5 Å². The minimum Gasteiger partial charge on any atom is -0.299 e. The van der Waals surface area contributed by atoms with Crippen LogP contribution < -0.4 is 0 Å². The van der Waals surface area contributed by atoms with E-state index in [1.165, 1.54) is 0 Å². The first-order chi connectivity index (χ1) is 21.4. The van der Waals surface area contributed by atoms with Crippen molar-refractivity contribution in [3.63, 3.8) is 0 Å². The van der Waals surface area contributed by atoms with Crippen molar-refractivity contribution in [2.45, 2.75) is 65.2 Å². The Labute approximate surface area is 275 Å². The second kappa shape index (κ2) is 12.3. The summed E-state index contributed by atoms with van der Waals surface area (Å²) in [5.41, 5.74) is 3.31. The number of aryl methyl sites for hydroxylation is 2. The van der Waals surface area contributed by atoms with Crippen LogP contribution in [0.5, 0.6) is 0 Å². The summed E-state index contributed by atoms with van der Waals surface area (Å²) in [7, 11) is -7.86. The molecule has 0 aliphatic heterocycles. The maximum Gasteiger partial charge on any atom is 0.182 e. The lowest BCUT2D eigenvalue weighted by molar-refractivity contribution is -0.128. The maximum atomic E-state index is 14.7. The van der Waals surface area contributed by atoms with E-state index >= 15 is 0 Å². The number of ketones is 1. The van der Waals surface area contributed by atoms with Crippen LogP contribution in [0.1, 0.15) is 53.4 Å². The van der Waals surface area contributed by atoms with Crippen molar-refractivity contribution in [2.24, 2.45) is 11.8 Å². The molecule has 234 valence electrons. The first-order valence-corrected chi connectivity index (χ1v) is 18.9. The molecule has 4 unspecified atom stereocenters. The van der Waals surface area contributed by atoms with E-state index in [4.69, 9.17) is 23.2 Å². The van der Waals surface area contributed by atoms with Gasteiger partial charge in [0.25, 0.3) is 0 Å². The van der Waals surface area contributed by atoms with Crippen molar-refractivity contribution in [3.8, 4) is 0 Å². The van der Waals surface area contributed by atoms with Gasteiger partial charge in [-0.3, -0.25) is 4.79 Å². The lowest BCUT2D eigenvalue weighted by Crippen LogP contribution is -2.53. The zero-order valence-electron chi connectivity index (χ0n) is 24.9. The topological polar surface area (TPSA) is 85.3 Å². The predicted molar refractivity (Wildman–Crippen MR) is 179 cm³/mol. The molecule has 6 rings (SSSR count). The van der Waals surface area contributed by atoms with Gasteiger partial charge in [0.15, 0.2) is 19.7 Å². The molecule has 0 bridgehead atoms. The highest BCUT2D eigenvalue weighted by molar-refractivity contribution is 7.92. The molecule has 0 N–H and O–H groups in total. The minimum atomic E-state index is -3.97. The highest BCUT2D eigenvalue weighted by Gasteiger charge is 2.56. The van der Waals surface area contributed by atoms with Gasteiger partial charge in [-0.15, -0.1) is 0 Å². The monoisotopic (exact) mass is 680 g/mol. The Hall–Kier alpha value is -2.97. The summed E-state index contributed by atoms with van der Waals surface area (Å²) < 4.78 is 58.0. The van der Waals surface area contributed by atoms with Gasteiger partial charge in [0.2, 0.25) is 0 Å². The molecular weight excluding hydrogens is 647 g/mol. The second-order valence-corrected chi connectivity index (χ2v) is 17.6. The largest absolute Gasteiger partial charge is 0.299 e. The number of fused-ring (bicyclic) bond motifs is 1. The van der Waals surface area contributed by atoms with Crippen LogP contribution in [0.4, 0.5) is 0 Å². The average Bonchev–Trinajstić information content (AvgIpc) is 3.01. The van der Waals surface area contributed by atoms with E-state index in [1.54, 1.807) is 78.9 Å². The number of rotatable bonds is 6. The van der Waals surface area contributed by atoms with E-state index < -0.39 is 53.8 Å². The van der Waals surface area contributed by atoms with Crippen LogP contribution in [0.3, 0.4) is 0 Å². The average molecular weight is 682 g/mol. The summed E-state index contributed by atoms with van der Waals surface area (Å²) in [4.78, 5) is 14.4. The van der Waals surface area contributed by atoms with Crippen LogP contribution in [-0.4, -0.2) is 33.1 Å². The normalized spacial score (nSPS) is 25.5. The highest BCUT2D eigenvalue weighted by Crippen LogP contribution is 2.54. The van der Waals surface area contributed by atoms with E-state index in [0.717, 1.165) is 16.7 Å². The summed E-state index contributed by atoms with van der Waals surface area (Å²) in [6.07, 6.45) is 0.232. The molecule has 9 heteroatoms. The fourth-order valence-electron chi connectivity index (χ4n) is 7.40. The minimum absolute atomic E-state index is 0.0137. The molecule has 6 atom stereocenters. The van der Waals surface area contributed by atoms with Crippen molar-refractivity contribution in [3.05, 3.63) is 129 Å². The van der Waals surface area contributed by atoms with Gasteiger partial charge in [0, 0.05) is 34.2 Å². The summed E-state index contributed by atoms with van der Waals surface area (Å²) in [6, 6.07) is 27.7. The van der Waals surface area contributed by atoms with Crippen LogP contribution in [0, 0.1) is 25.7 Å². The Morgan fingerprint density at radius 3 is 1.76 bits per heavy atom. The number of carbonyl (C=O) groups is 1. The third-order valence-corrected chi connectivity index (χ3v) is 14.7. The van der Waals surface area contributed by atoms with E-state index in [2.05, 4.69) is 0 Å². The van der Waals surface area contributed by atoms with Gasteiger partial charge in [0.1, 0.15) is 5.78 Å². The number of carbonyl (C=O) groups excluding carboxylic acids is 1. The smallest absolute Gasteiger partial charge is 0.182 e. The fourth-order valence-corrected chi connectivity index (χ4v) is 12.0. The molecule has 0 saturated heterocycles. The van der Waals surface area contributed by atoms with E-state index in [0.29, 0.717) is 15.6 Å². The zero-order chi connectivity index (χ0) is 32.1. The molecule has 0 spiro atoms. The van der Waals surface area contributed by atoms with E-state index in [-0.39, 0.29) is 34.8 Å². The van der Waals surface area contributed by atoms with Crippen molar-refractivity contribution in [1.29, 1.82) is 0 Å². The molecule has 0 amide bonds. The number of Topliss-reactive ketones (excluding diaryl/α,β-unsaturated/α-hetero) is 1. The van der Waals surface area contributed by atoms with Gasteiger partial charge in [-0.2, -0.15) is 0 Å². The summed E-state index contributed by atoms with van der Waals surface area (Å²) in [6.45, 7) is 3.79. The summed E-state index contributed by atoms with van der Waals surface area (Å²) in [5.74, 6) is -2.67. The Bertz CT molecular complexity index is 1940. The first-order valence-electron chi connectivity index (χ1n) is 15.0. The quantitative estimate of drug-likeness (QED) is 0.205. The van der Waals surface area contributed by atoms with Crippen LogP contribution in [0.25, 0.3) is 0 Å². The van der Waals surface area contributed by atoms with Crippen molar-refractivity contribution in [1.82, 2.24) is 0 Å². The zero-order valence-corrected chi connectivity index (χ0v) is 28.1. The van der Waals surface area contributed by atoms with Gasteiger partial charge in [-0.25, -0.2) is 16.8 Å². The molecule has 2 aliphatic carbocycles. The molecule has 0 heterocycles. The number of hydrogen-bond acceptors (Lipinski definition) is 5. The van der Waals surface area contributed by atoms with Crippen LogP contribution in [0.2, 0.25) is 10.0 Å². The third kappa shape index (κ3) is 6.12. The standard InChI is InChI=1S/C36H34Cl2O5S2/c1-22-6-14-28(15-7-22)44(40,41)35-21-32-33(19-30(35)24-10-12-26(37)13-11-24)36(45(42,43)29-16-8-23(2)9-17-29)31(20-34(32)39)25-4-3-5-27(38)18-25/h3-18,30-33,35-36H,19-21H2,1-2H3/t30?,31?,32-,33+,35?,36?/m1/s1. The van der Waals surface area contributed by atoms with Gasteiger partial charge in [-0.05, 0) is 92.3 Å². The third-order valence-electron chi connectivity index (χ3n) is 9.66. The molecule has 4 aromatic rings. The van der Waals surface area contributed by atoms with Gasteiger partial charge < -0.3 is 0 Å². The molecular formula is C36H34Cl2O5S2. The summed E-state index contributed by atoms with van der Waals surface area (Å²) in [5, 5.41) is -0.907. The molecule has 2 fully saturated rings. The van der Waals surface area contributed by atoms with Crippen molar-refractivity contribution < 1.29 is 21.6 Å². The van der Waals surface area contributed by atoms with Gasteiger partial charge in [-0.1, -0.05) is 82.9 Å². The van der Waals surface area contributed by atoms with Gasteiger partial charge in [0.05, 0.1) is 20.3 Å². The molecule has 2 aliphatic rings. The number of hydrogen-bond donors (Lipinski definition) is 0. The molecule has 2 saturated carbocycles. The maximum absolute atomic E-state index is 14.7. The predicted octanol–water partition coefficient (Wildman–Crippen LogP) is 8.16. The number of halogens is 2. The Balaban J connectivity index is 1.51. The van der Waals surface area contributed by atoms with Crippen molar-refractivity contribution >= 4 is 48.7 Å². The Kier molecular flexibility index (Phi) is 8.76. The van der Waals surface area contributed by atoms with E-state index in [9.17, 15) is 21.6 Å². The number of sulfone groups is 2. The lowest BCUT2D eigenvalue weighted by Gasteiger charge is -2.48. The fraction of sp³-hybridized carbons (Fsp3) is 0.306. The molecule has 0 radical (unpaired) electrons. The first kappa shape index (κ1) is 32.0. The van der Waals surface area contributed by atoms with Crippen LogP contribution in [0.15, 0.2) is 107 Å². The number of benzene rings is 4. The molecule has 4 aromatic carbocycles. The molecule has 5 nitrogen and oxygen atoms in total. The SMILES string of the molecule is Cc1ccc(S(=O)(=O)C2C[C@H]3C(=O)CC(c4cccc(Cl)c4)C(S(=O)(=O)c4ccc(C)cc4)[C@H]3CC2c2ccc(Cl)cc2)cc1. The second-order valence-electron chi connectivity index (χ2n) is 12.5. The van der Waals surface area contributed by atoms with Crippen molar-refractivity contribution in [2.75, 3.05) is 0 Å². The lowest BCUT2D eigenvalue weighted by atomic mass is 9.62. The molecule has 0 aromatic heterocycles. The summed E-state index contributed by atoms with van der Waals surface area (Å²) >= 11 is 12.6. The van der Waals surface area contributed by atoms with Crippen LogP contribution >= 0.6 is 23.2 Å². The Morgan fingerprint density at radius 2 is 1.18 bits per heavy atom. The highest BCUT2D eigenvalue weighted by atomic mass is 35.5. The molecule has 45 heavy (non-hydrogen) atoms. The van der Waals surface area contributed by atoms with Gasteiger partial charge >= 0.3 is 0 Å². The Morgan fingerprint density at radius 1 is 0.600 bits per heavy atom.